The fraction of sp³-hybridized carbons (Fsp3) is 0.0476. The molecule has 4 aromatic rings. The minimum absolute atomic E-state index is 0.00837. The molecule has 0 atom stereocenters. The van der Waals surface area contributed by atoms with Gasteiger partial charge in [0.25, 0.3) is 5.91 Å². The van der Waals surface area contributed by atoms with Gasteiger partial charge in [0.15, 0.2) is 10.8 Å². The summed E-state index contributed by atoms with van der Waals surface area (Å²) in [7, 11) is 0. The van der Waals surface area contributed by atoms with Crippen molar-refractivity contribution in [3.63, 3.8) is 0 Å². The number of benzene rings is 2. The molecule has 2 N–H and O–H groups in total. The molecule has 2 heterocycles. The van der Waals surface area contributed by atoms with Crippen molar-refractivity contribution in [2.75, 3.05) is 0 Å². The molecule has 0 bridgehead atoms. The first kappa shape index (κ1) is 22.3. The molecule has 2 aromatic carbocycles. The maximum atomic E-state index is 13.9. The Kier molecular flexibility index (Phi) is 6.01. The summed E-state index contributed by atoms with van der Waals surface area (Å²) in [6, 6.07) is 5.19. The van der Waals surface area contributed by atoms with Gasteiger partial charge in [-0.2, -0.15) is 0 Å². The van der Waals surface area contributed by atoms with Crippen LogP contribution in [-0.2, 0) is 6.54 Å². The maximum Gasteiger partial charge on any atom is 0.268 e. The van der Waals surface area contributed by atoms with Gasteiger partial charge in [-0.3, -0.25) is 9.59 Å². The molecule has 12 heteroatoms. The fourth-order valence-electron chi connectivity index (χ4n) is 2.94. The zero-order chi connectivity index (χ0) is 23.7. The Morgan fingerprint density at radius 3 is 2.27 bits per heavy atom. The molecule has 0 fully saturated rings. The number of hydrogen-bond donors (Lipinski definition) is 2. The lowest BCUT2D eigenvalue weighted by molar-refractivity contribution is 0.0946. The SMILES string of the molecule is O=C(NCc1nnc(-c2c(F)cccc2F)s1)c1cc(C(=O)c2c(F)cc(F)cc2F)c[nH]1. The highest BCUT2D eigenvalue weighted by molar-refractivity contribution is 7.14. The molecule has 1 amide bonds. The van der Waals surface area contributed by atoms with E-state index < -0.39 is 46.3 Å². The molecule has 0 radical (unpaired) electrons. The average Bonchev–Trinajstić information content (AvgIpc) is 3.41. The van der Waals surface area contributed by atoms with Crippen LogP contribution in [0.3, 0.4) is 0 Å². The number of ketones is 1. The lowest BCUT2D eigenvalue weighted by atomic mass is 10.0. The average molecular weight is 478 g/mol. The number of nitrogens with zero attached hydrogens (tertiary/aromatic N) is 2. The number of aromatic amines is 1. The maximum absolute atomic E-state index is 13.9. The summed E-state index contributed by atoms with van der Waals surface area (Å²) < 4.78 is 68.5. The Bertz CT molecular complexity index is 1340. The largest absolute Gasteiger partial charge is 0.356 e. The molecule has 168 valence electrons. The lowest BCUT2D eigenvalue weighted by Crippen LogP contribution is -2.23. The number of carbonyl (C=O) groups is 2. The number of nitrogens with one attached hydrogen (secondary N) is 2. The van der Waals surface area contributed by atoms with Crippen LogP contribution in [0.15, 0.2) is 42.6 Å². The molecular weight excluding hydrogens is 467 g/mol. The van der Waals surface area contributed by atoms with E-state index >= 15 is 0 Å². The van der Waals surface area contributed by atoms with E-state index in [0.717, 1.165) is 35.7 Å². The monoisotopic (exact) mass is 478 g/mol. The third kappa shape index (κ3) is 4.51. The molecule has 0 saturated carbocycles. The minimum atomic E-state index is -1.37. The van der Waals surface area contributed by atoms with Crippen molar-refractivity contribution in [1.29, 1.82) is 0 Å². The van der Waals surface area contributed by atoms with Crippen molar-refractivity contribution in [1.82, 2.24) is 20.5 Å². The van der Waals surface area contributed by atoms with E-state index in [2.05, 4.69) is 20.5 Å². The van der Waals surface area contributed by atoms with Gasteiger partial charge in [-0.25, -0.2) is 22.0 Å². The van der Waals surface area contributed by atoms with Gasteiger partial charge in [-0.1, -0.05) is 17.4 Å². The van der Waals surface area contributed by atoms with Crippen molar-refractivity contribution in [2.24, 2.45) is 0 Å². The van der Waals surface area contributed by atoms with Gasteiger partial charge in [0, 0.05) is 23.9 Å². The Balaban J connectivity index is 1.45. The second-order valence-electron chi connectivity index (χ2n) is 6.66. The Morgan fingerprint density at radius 2 is 1.61 bits per heavy atom. The first-order chi connectivity index (χ1) is 15.7. The second kappa shape index (κ2) is 8.90. The number of carbonyl (C=O) groups excluding carboxylic acids is 2. The van der Waals surface area contributed by atoms with Gasteiger partial charge < -0.3 is 10.3 Å². The molecule has 6 nitrogen and oxygen atoms in total. The Hall–Kier alpha value is -3.93. The van der Waals surface area contributed by atoms with Crippen molar-refractivity contribution < 1.29 is 31.5 Å². The normalized spacial score (nSPS) is 10.9. The summed E-state index contributed by atoms with van der Waals surface area (Å²) >= 11 is 0.868. The molecule has 0 spiro atoms. The van der Waals surface area contributed by atoms with Crippen LogP contribution in [0.1, 0.15) is 31.4 Å². The van der Waals surface area contributed by atoms with Crippen LogP contribution in [0.25, 0.3) is 10.6 Å². The standard InChI is InChI=1S/C21H11F5N4O2S/c22-10-5-13(25)17(14(26)6-10)19(31)9-4-15(27-7-9)20(32)28-8-16-29-30-21(33-16)18-11(23)2-1-3-12(18)24/h1-7,27H,8H2,(H,28,32). The fourth-order valence-corrected chi connectivity index (χ4v) is 3.77. The molecular formula is C21H11F5N4O2S. The third-order valence-electron chi connectivity index (χ3n) is 4.47. The van der Waals surface area contributed by atoms with Crippen molar-refractivity contribution in [3.05, 3.63) is 93.5 Å². The van der Waals surface area contributed by atoms with E-state index in [-0.39, 0.29) is 33.4 Å². The summed E-state index contributed by atoms with van der Waals surface area (Å²) in [5, 5.41) is 10.2. The summed E-state index contributed by atoms with van der Waals surface area (Å²) in [6.07, 6.45) is 1.07. The smallest absolute Gasteiger partial charge is 0.268 e. The molecule has 4 rings (SSSR count). The van der Waals surface area contributed by atoms with Gasteiger partial charge in [-0.05, 0) is 18.2 Å². The van der Waals surface area contributed by atoms with Gasteiger partial charge >= 0.3 is 0 Å². The lowest BCUT2D eigenvalue weighted by Gasteiger charge is -2.03. The van der Waals surface area contributed by atoms with E-state index in [9.17, 15) is 31.5 Å². The predicted molar refractivity (Wildman–Crippen MR) is 107 cm³/mol. The number of aromatic nitrogens is 3. The summed E-state index contributed by atoms with van der Waals surface area (Å²) in [5.74, 6) is -7.30. The molecule has 0 saturated heterocycles. The molecule has 0 aliphatic heterocycles. The molecule has 0 unspecified atom stereocenters. The third-order valence-corrected chi connectivity index (χ3v) is 5.41. The van der Waals surface area contributed by atoms with Crippen molar-refractivity contribution >= 4 is 23.0 Å². The van der Waals surface area contributed by atoms with Crippen LogP contribution in [0, 0.1) is 29.1 Å². The van der Waals surface area contributed by atoms with E-state index in [1.807, 2.05) is 0 Å². The molecule has 33 heavy (non-hydrogen) atoms. The highest BCUT2D eigenvalue weighted by Gasteiger charge is 2.23. The topological polar surface area (TPSA) is 87.7 Å². The zero-order valence-electron chi connectivity index (χ0n) is 16.3. The second-order valence-corrected chi connectivity index (χ2v) is 7.72. The van der Waals surface area contributed by atoms with Crippen molar-refractivity contribution in [3.8, 4) is 10.6 Å². The zero-order valence-corrected chi connectivity index (χ0v) is 17.1. The van der Waals surface area contributed by atoms with Gasteiger partial charge in [0.2, 0.25) is 0 Å². The van der Waals surface area contributed by atoms with E-state index in [0.29, 0.717) is 12.1 Å². The number of hydrogen-bond acceptors (Lipinski definition) is 5. The van der Waals surface area contributed by atoms with E-state index in [1.165, 1.54) is 6.07 Å². The van der Waals surface area contributed by atoms with Crippen LogP contribution in [0.4, 0.5) is 22.0 Å². The number of halogens is 5. The Labute approximate surface area is 186 Å². The van der Waals surface area contributed by atoms with Gasteiger partial charge in [0.05, 0.1) is 17.7 Å². The quantitative estimate of drug-likeness (QED) is 0.318. The highest BCUT2D eigenvalue weighted by atomic mass is 32.1. The van der Waals surface area contributed by atoms with E-state index in [4.69, 9.17) is 0 Å². The highest BCUT2D eigenvalue weighted by Crippen LogP contribution is 2.28. The number of amides is 1. The first-order valence-corrected chi connectivity index (χ1v) is 9.99. The van der Waals surface area contributed by atoms with Gasteiger partial charge in [-0.15, -0.1) is 10.2 Å². The van der Waals surface area contributed by atoms with Gasteiger partial charge in [0.1, 0.15) is 39.8 Å². The van der Waals surface area contributed by atoms with Crippen LogP contribution < -0.4 is 5.32 Å². The first-order valence-electron chi connectivity index (χ1n) is 9.17. The van der Waals surface area contributed by atoms with Crippen LogP contribution in [0.2, 0.25) is 0 Å². The molecule has 0 aliphatic rings. The summed E-state index contributed by atoms with van der Waals surface area (Å²) in [4.78, 5) is 27.2. The number of rotatable bonds is 6. The van der Waals surface area contributed by atoms with E-state index in [1.54, 1.807) is 0 Å². The van der Waals surface area contributed by atoms with Crippen molar-refractivity contribution in [2.45, 2.75) is 6.54 Å². The molecule has 0 aliphatic carbocycles. The minimum Gasteiger partial charge on any atom is -0.356 e. The predicted octanol–water partition coefficient (Wildman–Crippen LogP) is 4.39. The molecule has 2 aromatic heterocycles. The van der Waals surface area contributed by atoms with Crippen LogP contribution in [0.5, 0.6) is 0 Å². The van der Waals surface area contributed by atoms with Crippen LogP contribution in [-0.4, -0.2) is 26.9 Å². The van der Waals surface area contributed by atoms with Crippen LogP contribution >= 0.6 is 11.3 Å². The Morgan fingerprint density at radius 1 is 0.939 bits per heavy atom. The number of H-pyrrole nitrogens is 1. The summed E-state index contributed by atoms with van der Waals surface area (Å²) in [6.45, 7) is -0.143. The summed E-state index contributed by atoms with van der Waals surface area (Å²) in [5.41, 5.74) is -1.62.